The number of hydrogen-bond donors (Lipinski definition) is 1. The standard InChI is InChI=1S/C12H13BrFNO/c1-7-9(13)4-5-10(14)11(7)12(16)15-6-8-2-3-8/h4-5,8H,2-3,6H2,1H3,(H,15,16). The molecule has 86 valence electrons. The van der Waals surface area contributed by atoms with Gasteiger partial charge in [-0.2, -0.15) is 0 Å². The van der Waals surface area contributed by atoms with Crippen LogP contribution in [0.25, 0.3) is 0 Å². The molecule has 2 rings (SSSR count). The molecule has 2 nitrogen and oxygen atoms in total. The van der Waals surface area contributed by atoms with Gasteiger partial charge in [0.2, 0.25) is 0 Å². The van der Waals surface area contributed by atoms with Crippen LogP contribution in [0.2, 0.25) is 0 Å². The first kappa shape index (κ1) is 11.6. The van der Waals surface area contributed by atoms with E-state index in [0.717, 1.165) is 4.47 Å². The number of amides is 1. The van der Waals surface area contributed by atoms with Gasteiger partial charge in [0.1, 0.15) is 5.82 Å². The average Bonchev–Trinajstić information content (AvgIpc) is 3.05. The molecular weight excluding hydrogens is 273 g/mol. The van der Waals surface area contributed by atoms with Crippen molar-refractivity contribution in [1.29, 1.82) is 0 Å². The van der Waals surface area contributed by atoms with E-state index < -0.39 is 5.82 Å². The van der Waals surface area contributed by atoms with Crippen LogP contribution in [0.3, 0.4) is 0 Å². The van der Waals surface area contributed by atoms with E-state index in [1.54, 1.807) is 13.0 Å². The summed E-state index contributed by atoms with van der Waals surface area (Å²) >= 11 is 3.29. The van der Waals surface area contributed by atoms with Gasteiger partial charge in [-0.25, -0.2) is 4.39 Å². The van der Waals surface area contributed by atoms with Gasteiger partial charge in [-0.15, -0.1) is 0 Å². The Morgan fingerprint density at radius 3 is 2.88 bits per heavy atom. The van der Waals surface area contributed by atoms with Crippen molar-refractivity contribution in [3.8, 4) is 0 Å². The van der Waals surface area contributed by atoms with Gasteiger partial charge in [-0.05, 0) is 43.4 Å². The van der Waals surface area contributed by atoms with Crippen LogP contribution >= 0.6 is 15.9 Å². The van der Waals surface area contributed by atoms with E-state index in [1.165, 1.54) is 18.9 Å². The third kappa shape index (κ3) is 2.43. The van der Waals surface area contributed by atoms with Gasteiger partial charge in [0, 0.05) is 11.0 Å². The van der Waals surface area contributed by atoms with E-state index in [4.69, 9.17) is 0 Å². The molecule has 0 saturated heterocycles. The van der Waals surface area contributed by atoms with Gasteiger partial charge in [0.25, 0.3) is 5.91 Å². The molecule has 1 saturated carbocycles. The van der Waals surface area contributed by atoms with Crippen LogP contribution in [-0.2, 0) is 0 Å². The smallest absolute Gasteiger partial charge is 0.254 e. The summed E-state index contributed by atoms with van der Waals surface area (Å²) < 4.78 is 14.3. The Labute approximate surface area is 102 Å². The molecule has 0 atom stereocenters. The Kier molecular flexibility index (Phi) is 3.28. The minimum Gasteiger partial charge on any atom is -0.352 e. The molecule has 4 heteroatoms. The Morgan fingerprint density at radius 1 is 1.56 bits per heavy atom. The van der Waals surface area contributed by atoms with Crippen molar-refractivity contribution in [2.75, 3.05) is 6.54 Å². The van der Waals surface area contributed by atoms with Gasteiger partial charge in [-0.1, -0.05) is 15.9 Å². The van der Waals surface area contributed by atoms with Crippen molar-refractivity contribution in [3.63, 3.8) is 0 Å². The Bertz CT molecular complexity index is 429. The number of benzene rings is 1. The highest BCUT2D eigenvalue weighted by atomic mass is 79.9. The normalized spacial score (nSPS) is 14.9. The molecule has 1 N–H and O–H groups in total. The van der Waals surface area contributed by atoms with Crippen LogP contribution < -0.4 is 5.32 Å². The molecule has 0 bridgehead atoms. The number of nitrogens with one attached hydrogen (secondary N) is 1. The monoisotopic (exact) mass is 285 g/mol. The lowest BCUT2D eigenvalue weighted by atomic mass is 10.1. The zero-order valence-corrected chi connectivity index (χ0v) is 10.6. The molecule has 0 spiro atoms. The molecule has 0 aromatic heterocycles. The summed E-state index contributed by atoms with van der Waals surface area (Å²) in [7, 11) is 0. The lowest BCUT2D eigenvalue weighted by Gasteiger charge is -2.09. The number of carbonyl (C=O) groups is 1. The van der Waals surface area contributed by atoms with Crippen LogP contribution in [0.5, 0.6) is 0 Å². The summed E-state index contributed by atoms with van der Waals surface area (Å²) in [6, 6.07) is 2.92. The van der Waals surface area contributed by atoms with Crippen LogP contribution in [0.15, 0.2) is 16.6 Å². The van der Waals surface area contributed by atoms with Crippen molar-refractivity contribution in [3.05, 3.63) is 33.5 Å². The molecule has 0 radical (unpaired) electrons. The van der Waals surface area contributed by atoms with E-state index >= 15 is 0 Å². The molecule has 0 aliphatic heterocycles. The minimum atomic E-state index is -0.464. The number of rotatable bonds is 3. The maximum Gasteiger partial charge on any atom is 0.254 e. The Morgan fingerprint density at radius 2 is 2.25 bits per heavy atom. The first-order valence-corrected chi connectivity index (χ1v) is 6.11. The fourth-order valence-electron chi connectivity index (χ4n) is 1.58. The zero-order chi connectivity index (χ0) is 11.7. The molecule has 0 heterocycles. The highest BCUT2D eigenvalue weighted by Gasteiger charge is 2.23. The van der Waals surface area contributed by atoms with Gasteiger partial charge < -0.3 is 5.32 Å². The maximum absolute atomic E-state index is 13.5. The highest BCUT2D eigenvalue weighted by molar-refractivity contribution is 9.10. The molecule has 1 aromatic carbocycles. The fraction of sp³-hybridized carbons (Fsp3) is 0.417. The molecular formula is C12H13BrFNO. The summed E-state index contributed by atoms with van der Waals surface area (Å²) in [4.78, 5) is 11.8. The molecule has 1 aliphatic rings. The predicted octanol–water partition coefficient (Wildman–Crippen LogP) is 3.04. The average molecular weight is 286 g/mol. The second kappa shape index (κ2) is 4.53. The lowest BCUT2D eigenvalue weighted by molar-refractivity contribution is 0.0947. The first-order valence-electron chi connectivity index (χ1n) is 5.32. The van der Waals surface area contributed by atoms with E-state index in [2.05, 4.69) is 21.2 Å². The van der Waals surface area contributed by atoms with E-state index in [-0.39, 0.29) is 11.5 Å². The van der Waals surface area contributed by atoms with E-state index in [9.17, 15) is 9.18 Å². The third-order valence-electron chi connectivity index (χ3n) is 2.82. The quantitative estimate of drug-likeness (QED) is 0.909. The predicted molar refractivity (Wildman–Crippen MR) is 63.9 cm³/mol. The van der Waals surface area contributed by atoms with Gasteiger partial charge in [-0.3, -0.25) is 4.79 Å². The van der Waals surface area contributed by atoms with Crippen LogP contribution in [0, 0.1) is 18.7 Å². The number of carbonyl (C=O) groups excluding carboxylic acids is 1. The second-order valence-corrected chi connectivity index (χ2v) is 5.04. The largest absolute Gasteiger partial charge is 0.352 e. The summed E-state index contributed by atoms with van der Waals surface area (Å²) in [5.74, 6) is -0.184. The molecule has 1 fully saturated rings. The zero-order valence-electron chi connectivity index (χ0n) is 9.02. The SMILES string of the molecule is Cc1c(Br)ccc(F)c1C(=O)NCC1CC1. The molecule has 0 unspecified atom stereocenters. The first-order chi connectivity index (χ1) is 7.59. The fourth-order valence-corrected chi connectivity index (χ4v) is 1.91. The van der Waals surface area contributed by atoms with E-state index in [0.29, 0.717) is 18.0 Å². The molecule has 1 aromatic rings. The van der Waals surface area contributed by atoms with Gasteiger partial charge in [0.15, 0.2) is 0 Å². The van der Waals surface area contributed by atoms with Gasteiger partial charge in [0.05, 0.1) is 5.56 Å². The van der Waals surface area contributed by atoms with Crippen molar-refractivity contribution in [1.82, 2.24) is 5.32 Å². The van der Waals surface area contributed by atoms with Crippen molar-refractivity contribution in [2.24, 2.45) is 5.92 Å². The number of halogens is 2. The maximum atomic E-state index is 13.5. The summed E-state index contributed by atoms with van der Waals surface area (Å²) in [5.41, 5.74) is 0.795. The van der Waals surface area contributed by atoms with Crippen molar-refractivity contribution >= 4 is 21.8 Å². The topological polar surface area (TPSA) is 29.1 Å². The molecule has 1 amide bonds. The Balaban J connectivity index is 2.17. The molecule has 1 aliphatic carbocycles. The summed E-state index contributed by atoms with van der Waals surface area (Å²) in [6.45, 7) is 2.39. The lowest BCUT2D eigenvalue weighted by Crippen LogP contribution is -2.27. The summed E-state index contributed by atoms with van der Waals surface area (Å²) in [6.07, 6.45) is 2.33. The van der Waals surface area contributed by atoms with Crippen LogP contribution in [0.1, 0.15) is 28.8 Å². The summed E-state index contributed by atoms with van der Waals surface area (Å²) in [5, 5.41) is 2.77. The third-order valence-corrected chi connectivity index (χ3v) is 3.68. The minimum absolute atomic E-state index is 0.148. The second-order valence-electron chi connectivity index (χ2n) is 4.18. The number of hydrogen-bond acceptors (Lipinski definition) is 1. The van der Waals surface area contributed by atoms with Crippen molar-refractivity contribution in [2.45, 2.75) is 19.8 Å². The van der Waals surface area contributed by atoms with Gasteiger partial charge >= 0.3 is 0 Å². The van der Waals surface area contributed by atoms with Crippen LogP contribution in [-0.4, -0.2) is 12.5 Å². The van der Waals surface area contributed by atoms with Crippen LogP contribution in [0.4, 0.5) is 4.39 Å². The Hall–Kier alpha value is -0.900. The van der Waals surface area contributed by atoms with E-state index in [1.807, 2.05) is 0 Å². The highest BCUT2D eigenvalue weighted by Crippen LogP contribution is 2.28. The molecule has 16 heavy (non-hydrogen) atoms. The van der Waals surface area contributed by atoms with Crippen molar-refractivity contribution < 1.29 is 9.18 Å².